The van der Waals surface area contributed by atoms with Crippen LogP contribution in [0.4, 0.5) is 4.39 Å². The number of benzene rings is 2. The Labute approximate surface area is 228 Å². The Morgan fingerprint density at radius 1 is 1.13 bits per heavy atom. The van der Waals surface area contributed by atoms with E-state index in [-0.39, 0.29) is 47.8 Å². The summed E-state index contributed by atoms with van der Waals surface area (Å²) in [6.45, 7) is 6.23. The summed E-state index contributed by atoms with van der Waals surface area (Å²) in [5.74, 6) is -0.191. The molecule has 1 unspecified atom stereocenters. The number of aryl methyl sites for hydroxylation is 1. The van der Waals surface area contributed by atoms with Crippen molar-refractivity contribution in [3.05, 3.63) is 98.7 Å². The van der Waals surface area contributed by atoms with Gasteiger partial charge in [0.2, 0.25) is 5.58 Å². The summed E-state index contributed by atoms with van der Waals surface area (Å²) in [7, 11) is 0. The molecule has 0 bridgehead atoms. The fourth-order valence-electron chi connectivity index (χ4n) is 4.85. The first-order valence-electron chi connectivity index (χ1n) is 12.6. The second kappa shape index (κ2) is 10.7. The van der Waals surface area contributed by atoms with Gasteiger partial charge in [0.1, 0.15) is 28.5 Å². The second-order valence-electron chi connectivity index (χ2n) is 9.83. The van der Waals surface area contributed by atoms with Crippen molar-refractivity contribution in [1.29, 1.82) is 0 Å². The molecule has 5 rings (SSSR count). The second-order valence-corrected chi connectivity index (χ2v) is 10.2. The third-order valence-electron chi connectivity index (χ3n) is 6.67. The number of furan rings is 2. The van der Waals surface area contributed by atoms with Gasteiger partial charge in [-0.15, -0.1) is 0 Å². The SMILES string of the molecule is Cc1ccc(C(=O)N(CCN)C(c2nc3c(oc4ccc(F)cc43)c(=O)n2Cc2ccc(Cl)o2)C(C)C)cc1. The molecule has 0 radical (unpaired) electrons. The molecule has 202 valence electrons. The van der Waals surface area contributed by atoms with Gasteiger partial charge in [-0.1, -0.05) is 31.5 Å². The quantitative estimate of drug-likeness (QED) is 0.266. The summed E-state index contributed by atoms with van der Waals surface area (Å²) in [4.78, 5) is 34.3. The van der Waals surface area contributed by atoms with E-state index in [2.05, 4.69) is 0 Å². The zero-order valence-corrected chi connectivity index (χ0v) is 22.5. The molecule has 0 aliphatic rings. The Morgan fingerprint density at radius 3 is 2.51 bits per heavy atom. The molecular weight excluding hydrogens is 523 g/mol. The number of hydrogen-bond acceptors (Lipinski definition) is 6. The Morgan fingerprint density at radius 2 is 1.87 bits per heavy atom. The van der Waals surface area contributed by atoms with Gasteiger partial charge in [-0.05, 0) is 66.9 Å². The lowest BCUT2D eigenvalue weighted by molar-refractivity contribution is 0.0612. The summed E-state index contributed by atoms with van der Waals surface area (Å²) in [6.07, 6.45) is 0. The number of nitrogens with zero attached hydrogens (tertiary/aromatic N) is 3. The zero-order valence-electron chi connectivity index (χ0n) is 21.8. The number of aromatic nitrogens is 2. The van der Waals surface area contributed by atoms with Crippen LogP contribution in [0.1, 0.15) is 47.4 Å². The van der Waals surface area contributed by atoms with Gasteiger partial charge < -0.3 is 19.5 Å². The molecule has 39 heavy (non-hydrogen) atoms. The lowest BCUT2D eigenvalue weighted by Gasteiger charge is -2.35. The first-order valence-corrected chi connectivity index (χ1v) is 13.0. The Hall–Kier alpha value is -3.95. The van der Waals surface area contributed by atoms with Gasteiger partial charge in [0.05, 0.1) is 12.6 Å². The third kappa shape index (κ3) is 5.07. The summed E-state index contributed by atoms with van der Waals surface area (Å²) >= 11 is 6.00. The van der Waals surface area contributed by atoms with Crippen LogP contribution in [0.25, 0.3) is 22.1 Å². The Bertz CT molecular complexity index is 1720. The maximum absolute atomic E-state index is 14.2. The number of nitrogens with two attached hydrogens (primary N) is 1. The van der Waals surface area contributed by atoms with Crippen molar-refractivity contribution in [3.63, 3.8) is 0 Å². The van der Waals surface area contributed by atoms with E-state index >= 15 is 0 Å². The standard InChI is InChI=1S/C29H28ClFN4O4/c1-16(2)25(34(13-12-32)28(36)18-6-4-17(3)5-7-18)27-33-24-21-14-19(31)8-10-22(21)39-26(24)29(37)35(27)15-20-9-11-23(30)38-20/h4-11,14,16,25H,12-13,15,32H2,1-3H3. The molecule has 0 spiro atoms. The lowest BCUT2D eigenvalue weighted by atomic mass is 9.99. The highest BCUT2D eigenvalue weighted by atomic mass is 35.5. The van der Waals surface area contributed by atoms with Gasteiger partial charge in [0.15, 0.2) is 5.22 Å². The molecule has 3 aromatic heterocycles. The minimum absolute atomic E-state index is 0.00631. The van der Waals surface area contributed by atoms with Crippen molar-refractivity contribution >= 4 is 39.6 Å². The van der Waals surface area contributed by atoms with E-state index < -0.39 is 17.4 Å². The average molecular weight is 551 g/mol. The molecule has 3 heterocycles. The molecule has 10 heteroatoms. The first kappa shape index (κ1) is 26.6. The average Bonchev–Trinajstić information content (AvgIpc) is 3.48. The topological polar surface area (TPSA) is 108 Å². The summed E-state index contributed by atoms with van der Waals surface area (Å²) < 4.78 is 27.0. The van der Waals surface area contributed by atoms with Crippen LogP contribution >= 0.6 is 11.6 Å². The van der Waals surface area contributed by atoms with Gasteiger partial charge in [-0.2, -0.15) is 0 Å². The van der Waals surface area contributed by atoms with Crippen molar-refractivity contribution in [2.45, 2.75) is 33.4 Å². The number of rotatable bonds is 8. The van der Waals surface area contributed by atoms with Crippen molar-refractivity contribution in [2.24, 2.45) is 11.7 Å². The summed E-state index contributed by atoms with van der Waals surface area (Å²) in [5.41, 5.74) is 7.53. The fourth-order valence-corrected chi connectivity index (χ4v) is 5.01. The number of fused-ring (bicyclic) bond motifs is 3. The molecule has 5 aromatic rings. The normalized spacial score (nSPS) is 12.5. The van der Waals surface area contributed by atoms with Crippen LogP contribution in [-0.4, -0.2) is 33.4 Å². The minimum Gasteiger partial charge on any atom is -0.448 e. The molecule has 2 aromatic carbocycles. The highest BCUT2D eigenvalue weighted by Gasteiger charge is 2.33. The van der Waals surface area contributed by atoms with Crippen molar-refractivity contribution in [1.82, 2.24) is 14.5 Å². The van der Waals surface area contributed by atoms with E-state index in [1.807, 2.05) is 32.9 Å². The van der Waals surface area contributed by atoms with Crippen molar-refractivity contribution in [2.75, 3.05) is 13.1 Å². The minimum atomic E-state index is -0.664. The molecular formula is C29H28ClFN4O4. The van der Waals surface area contributed by atoms with Crippen LogP contribution in [0.5, 0.6) is 0 Å². The van der Waals surface area contributed by atoms with E-state index in [1.54, 1.807) is 29.2 Å². The van der Waals surface area contributed by atoms with Crippen LogP contribution in [0.2, 0.25) is 5.22 Å². The molecule has 0 fully saturated rings. The molecule has 1 atom stereocenters. The van der Waals surface area contributed by atoms with E-state index in [0.29, 0.717) is 28.1 Å². The zero-order chi connectivity index (χ0) is 27.8. The number of carbonyl (C=O) groups excluding carboxylic acids is 1. The van der Waals surface area contributed by atoms with Gasteiger partial charge >= 0.3 is 0 Å². The molecule has 1 amide bonds. The number of hydrogen-bond donors (Lipinski definition) is 1. The molecule has 0 aliphatic heterocycles. The smallest absolute Gasteiger partial charge is 0.297 e. The van der Waals surface area contributed by atoms with Crippen LogP contribution in [0.15, 0.2) is 68.2 Å². The Balaban J connectivity index is 1.76. The Kier molecular flexibility index (Phi) is 7.29. The first-order chi connectivity index (χ1) is 18.7. The van der Waals surface area contributed by atoms with Crippen LogP contribution in [0, 0.1) is 18.7 Å². The van der Waals surface area contributed by atoms with E-state index in [0.717, 1.165) is 5.56 Å². The highest BCUT2D eigenvalue weighted by molar-refractivity contribution is 6.28. The summed E-state index contributed by atoms with van der Waals surface area (Å²) in [6, 6.07) is 13.8. The van der Waals surface area contributed by atoms with E-state index in [1.165, 1.54) is 22.8 Å². The maximum atomic E-state index is 14.2. The van der Waals surface area contributed by atoms with Crippen LogP contribution < -0.4 is 11.3 Å². The number of carbonyl (C=O) groups is 1. The van der Waals surface area contributed by atoms with Crippen LogP contribution in [0.3, 0.4) is 0 Å². The number of halogens is 2. The fraction of sp³-hybridized carbons (Fsp3) is 0.276. The highest BCUT2D eigenvalue weighted by Crippen LogP contribution is 2.33. The monoisotopic (exact) mass is 550 g/mol. The molecule has 0 saturated carbocycles. The van der Waals surface area contributed by atoms with E-state index in [9.17, 15) is 14.0 Å². The van der Waals surface area contributed by atoms with E-state index in [4.69, 9.17) is 31.2 Å². The summed E-state index contributed by atoms with van der Waals surface area (Å²) in [5, 5.41) is 0.543. The third-order valence-corrected chi connectivity index (χ3v) is 6.87. The van der Waals surface area contributed by atoms with Gasteiger partial charge in [-0.25, -0.2) is 9.37 Å². The maximum Gasteiger partial charge on any atom is 0.297 e. The molecule has 0 aliphatic carbocycles. The molecule has 2 N–H and O–H groups in total. The predicted molar refractivity (Wildman–Crippen MR) is 147 cm³/mol. The van der Waals surface area contributed by atoms with Gasteiger partial charge in [-0.3, -0.25) is 14.2 Å². The lowest BCUT2D eigenvalue weighted by Crippen LogP contribution is -2.43. The van der Waals surface area contributed by atoms with Gasteiger partial charge in [0, 0.05) is 24.0 Å². The van der Waals surface area contributed by atoms with Gasteiger partial charge in [0.25, 0.3) is 11.5 Å². The molecule has 0 saturated heterocycles. The number of amides is 1. The van der Waals surface area contributed by atoms with Crippen molar-refractivity contribution in [3.8, 4) is 0 Å². The molecule has 8 nitrogen and oxygen atoms in total. The largest absolute Gasteiger partial charge is 0.448 e. The van der Waals surface area contributed by atoms with Crippen molar-refractivity contribution < 1.29 is 18.0 Å². The predicted octanol–water partition coefficient (Wildman–Crippen LogP) is 5.68. The van der Waals surface area contributed by atoms with Crippen LogP contribution in [-0.2, 0) is 6.54 Å².